The number of halogens is 1. The highest BCUT2D eigenvalue weighted by Gasteiger charge is 2.29. The number of anilines is 1. The van der Waals surface area contributed by atoms with Gasteiger partial charge in [-0.15, -0.1) is 0 Å². The van der Waals surface area contributed by atoms with Gasteiger partial charge in [0.2, 0.25) is 10.0 Å². The second-order valence-corrected chi connectivity index (χ2v) is 10.5. The van der Waals surface area contributed by atoms with E-state index in [1.165, 1.54) is 31.4 Å². The summed E-state index contributed by atoms with van der Waals surface area (Å²) in [7, 11) is -0.611. The molecule has 2 heterocycles. The number of ketones is 1. The Morgan fingerprint density at radius 3 is 2.32 bits per heavy atom. The minimum absolute atomic E-state index is 0.0336. The van der Waals surface area contributed by atoms with Crippen LogP contribution in [0.4, 0.5) is 10.1 Å². The molecule has 1 aromatic heterocycles. The van der Waals surface area contributed by atoms with Gasteiger partial charge in [-0.3, -0.25) is 9.52 Å². The lowest BCUT2D eigenvalue weighted by atomic mass is 9.90. The van der Waals surface area contributed by atoms with Gasteiger partial charge in [-0.25, -0.2) is 12.8 Å². The average molecular weight is 521 g/mol. The molecule has 0 radical (unpaired) electrons. The largest absolute Gasteiger partial charge is 0.493 e. The Morgan fingerprint density at radius 1 is 0.973 bits per heavy atom. The number of ether oxygens (including phenoxy) is 2. The Morgan fingerprint density at radius 2 is 1.65 bits per heavy atom. The van der Waals surface area contributed by atoms with Crippen molar-refractivity contribution in [1.29, 1.82) is 0 Å². The zero-order valence-corrected chi connectivity index (χ0v) is 21.1. The SMILES string of the molecule is COc1cc2c(cc1OC)-n1cccc1C(c1ccc(NS(=O)(=O)Cc3ccc(F)cc3)cc1)CC2=O. The summed E-state index contributed by atoms with van der Waals surface area (Å²) < 4.78 is 53.8. The van der Waals surface area contributed by atoms with Gasteiger partial charge in [0.25, 0.3) is 0 Å². The fourth-order valence-electron chi connectivity index (χ4n) is 4.68. The molecule has 0 spiro atoms. The van der Waals surface area contributed by atoms with Crippen LogP contribution in [0.2, 0.25) is 0 Å². The highest BCUT2D eigenvalue weighted by Crippen LogP contribution is 2.40. The van der Waals surface area contributed by atoms with Crippen molar-refractivity contribution >= 4 is 21.5 Å². The molecule has 1 atom stereocenters. The Labute approximate surface area is 214 Å². The number of Topliss-reactive ketones (excluding diaryl/α,β-unsaturated/α-hetero) is 1. The van der Waals surface area contributed by atoms with Crippen molar-refractivity contribution in [2.75, 3.05) is 18.9 Å². The Bertz CT molecular complexity index is 1560. The molecule has 1 aliphatic rings. The van der Waals surface area contributed by atoms with Crippen molar-refractivity contribution in [3.05, 3.63) is 107 Å². The van der Waals surface area contributed by atoms with Crippen molar-refractivity contribution in [2.24, 2.45) is 0 Å². The van der Waals surface area contributed by atoms with Crippen molar-refractivity contribution in [1.82, 2.24) is 4.57 Å². The topological polar surface area (TPSA) is 86.6 Å². The molecule has 4 aromatic rings. The quantitative estimate of drug-likeness (QED) is 0.358. The zero-order chi connectivity index (χ0) is 26.2. The van der Waals surface area contributed by atoms with Crippen molar-refractivity contribution in [3.63, 3.8) is 0 Å². The van der Waals surface area contributed by atoms with Gasteiger partial charge >= 0.3 is 0 Å². The number of sulfonamides is 1. The molecule has 1 aliphatic heterocycles. The molecule has 0 bridgehead atoms. The van der Waals surface area contributed by atoms with Crippen LogP contribution in [0, 0.1) is 5.82 Å². The smallest absolute Gasteiger partial charge is 0.236 e. The number of fused-ring (bicyclic) bond motifs is 3. The van der Waals surface area contributed by atoms with E-state index in [2.05, 4.69) is 4.72 Å². The maximum atomic E-state index is 13.3. The number of carbonyl (C=O) groups is 1. The molecule has 1 N–H and O–H groups in total. The molecule has 5 rings (SSSR count). The molecule has 0 aliphatic carbocycles. The van der Waals surface area contributed by atoms with Crippen LogP contribution in [0.25, 0.3) is 5.69 Å². The second kappa shape index (κ2) is 9.74. The van der Waals surface area contributed by atoms with E-state index < -0.39 is 15.8 Å². The molecule has 3 aromatic carbocycles. The number of methoxy groups -OCH3 is 2. The molecule has 0 saturated heterocycles. The van der Waals surface area contributed by atoms with E-state index in [0.29, 0.717) is 28.3 Å². The van der Waals surface area contributed by atoms with E-state index in [1.54, 1.807) is 31.4 Å². The van der Waals surface area contributed by atoms with Crippen LogP contribution in [0.1, 0.15) is 39.5 Å². The van der Waals surface area contributed by atoms with Gasteiger partial charge in [0.15, 0.2) is 17.3 Å². The summed E-state index contributed by atoms with van der Waals surface area (Å²) in [6.07, 6.45) is 2.14. The average Bonchev–Trinajstić information content (AvgIpc) is 3.33. The van der Waals surface area contributed by atoms with Gasteiger partial charge in [-0.1, -0.05) is 24.3 Å². The van der Waals surface area contributed by atoms with Crippen LogP contribution < -0.4 is 14.2 Å². The third-order valence-electron chi connectivity index (χ3n) is 6.45. The number of nitrogens with zero attached hydrogens (tertiary/aromatic N) is 1. The lowest BCUT2D eigenvalue weighted by Crippen LogP contribution is -2.15. The molecular formula is C28H25FN2O5S. The first-order valence-electron chi connectivity index (χ1n) is 11.6. The normalized spacial score (nSPS) is 14.9. The molecule has 7 nitrogen and oxygen atoms in total. The summed E-state index contributed by atoms with van der Waals surface area (Å²) in [5.74, 6) is 0.0494. The molecular weight excluding hydrogens is 495 g/mol. The molecule has 0 amide bonds. The molecule has 37 heavy (non-hydrogen) atoms. The van der Waals surface area contributed by atoms with Crippen LogP contribution >= 0.6 is 0 Å². The van der Waals surface area contributed by atoms with E-state index in [-0.39, 0.29) is 23.9 Å². The van der Waals surface area contributed by atoms with Gasteiger partial charge < -0.3 is 14.0 Å². The summed E-state index contributed by atoms with van der Waals surface area (Å²) in [5, 5.41) is 0. The molecule has 0 fully saturated rings. The predicted molar refractivity (Wildman–Crippen MR) is 139 cm³/mol. The molecule has 1 unspecified atom stereocenters. The predicted octanol–water partition coefficient (Wildman–Crippen LogP) is 5.29. The highest BCUT2D eigenvalue weighted by molar-refractivity contribution is 7.91. The number of nitrogens with one attached hydrogen (secondary N) is 1. The van der Waals surface area contributed by atoms with Crippen LogP contribution in [-0.2, 0) is 15.8 Å². The van der Waals surface area contributed by atoms with E-state index in [4.69, 9.17) is 9.47 Å². The summed E-state index contributed by atoms with van der Waals surface area (Å²) in [6.45, 7) is 0. The number of rotatable bonds is 7. The molecule has 0 saturated carbocycles. The van der Waals surface area contributed by atoms with Gasteiger partial charge in [0.1, 0.15) is 5.82 Å². The standard InChI is InChI=1S/C28H25FN2O5S/c1-35-27-15-23-25(16-28(27)36-2)31-13-3-4-24(31)22(14-26(23)32)19-7-11-21(12-8-19)30-37(33,34)17-18-5-9-20(29)10-6-18/h3-13,15-16,22,30H,14,17H2,1-2H3. The lowest BCUT2D eigenvalue weighted by molar-refractivity contribution is 0.0979. The monoisotopic (exact) mass is 520 g/mol. The minimum atomic E-state index is -3.70. The van der Waals surface area contributed by atoms with Gasteiger partial charge in [-0.2, -0.15) is 0 Å². The third kappa shape index (κ3) is 4.95. The number of aromatic nitrogens is 1. The van der Waals surface area contributed by atoms with Gasteiger partial charge in [0.05, 0.1) is 25.7 Å². The summed E-state index contributed by atoms with van der Waals surface area (Å²) in [4.78, 5) is 13.3. The number of hydrogen-bond acceptors (Lipinski definition) is 5. The Balaban J connectivity index is 1.42. The van der Waals surface area contributed by atoms with E-state index in [0.717, 1.165) is 16.9 Å². The Kier molecular flexibility index (Phi) is 6.47. The number of benzene rings is 3. The zero-order valence-electron chi connectivity index (χ0n) is 20.3. The van der Waals surface area contributed by atoms with Crippen molar-refractivity contribution in [2.45, 2.75) is 18.1 Å². The van der Waals surface area contributed by atoms with Crippen LogP contribution in [0.3, 0.4) is 0 Å². The summed E-state index contributed by atoms with van der Waals surface area (Å²) >= 11 is 0. The molecule has 9 heteroatoms. The van der Waals surface area contributed by atoms with Crippen LogP contribution in [0.5, 0.6) is 11.5 Å². The fraction of sp³-hybridized carbons (Fsp3) is 0.179. The summed E-state index contributed by atoms with van der Waals surface area (Å²) in [5.41, 5.74) is 3.96. The minimum Gasteiger partial charge on any atom is -0.493 e. The first-order valence-corrected chi connectivity index (χ1v) is 13.2. The van der Waals surface area contributed by atoms with E-state index >= 15 is 0 Å². The number of hydrogen-bond donors (Lipinski definition) is 1. The van der Waals surface area contributed by atoms with Gasteiger partial charge in [0, 0.05) is 41.5 Å². The van der Waals surface area contributed by atoms with Crippen LogP contribution in [0.15, 0.2) is 79.0 Å². The van der Waals surface area contributed by atoms with Crippen molar-refractivity contribution in [3.8, 4) is 17.2 Å². The Hall–Kier alpha value is -4.11. The third-order valence-corrected chi connectivity index (χ3v) is 7.71. The maximum absolute atomic E-state index is 13.3. The molecule has 190 valence electrons. The summed E-state index contributed by atoms with van der Waals surface area (Å²) in [6, 6.07) is 19.8. The van der Waals surface area contributed by atoms with Crippen molar-refractivity contribution < 1.29 is 27.1 Å². The van der Waals surface area contributed by atoms with Crippen LogP contribution in [-0.4, -0.2) is 33.0 Å². The van der Waals surface area contributed by atoms with E-state index in [1.807, 2.05) is 35.0 Å². The van der Waals surface area contributed by atoms with E-state index in [9.17, 15) is 17.6 Å². The first-order chi connectivity index (χ1) is 17.8. The fourth-order valence-corrected chi connectivity index (χ4v) is 5.87. The maximum Gasteiger partial charge on any atom is 0.236 e. The second-order valence-electron chi connectivity index (χ2n) is 8.82. The number of carbonyl (C=O) groups excluding carboxylic acids is 1. The highest BCUT2D eigenvalue weighted by atomic mass is 32.2. The first kappa shape index (κ1) is 24.6. The van der Waals surface area contributed by atoms with Gasteiger partial charge in [-0.05, 0) is 53.6 Å². The lowest BCUT2D eigenvalue weighted by Gasteiger charge is -2.17.